The number of nitrogens with zero attached hydrogens (tertiary/aromatic N) is 1. The zero-order valence-electron chi connectivity index (χ0n) is 12.6. The summed E-state index contributed by atoms with van der Waals surface area (Å²) < 4.78 is 27.3. The van der Waals surface area contributed by atoms with E-state index in [0.29, 0.717) is 11.0 Å². The Hall–Kier alpha value is -1.70. The van der Waals surface area contributed by atoms with Crippen molar-refractivity contribution in [1.82, 2.24) is 9.62 Å². The molecule has 1 N–H and O–H groups in total. The molecule has 2 rings (SSSR count). The van der Waals surface area contributed by atoms with Gasteiger partial charge in [0.15, 0.2) is 0 Å². The third kappa shape index (κ3) is 5.16. The Kier molecular flexibility index (Phi) is 5.92. The van der Waals surface area contributed by atoms with E-state index in [1.165, 1.54) is 17.0 Å². The van der Waals surface area contributed by atoms with Crippen LogP contribution >= 0.6 is 15.9 Å². The molecule has 2 aromatic rings. The highest BCUT2D eigenvalue weighted by atomic mass is 79.9. The van der Waals surface area contributed by atoms with Crippen LogP contribution in [0.1, 0.15) is 5.56 Å². The minimum atomic E-state index is -3.71. The average Bonchev–Trinajstić information content (AvgIpc) is 2.53. The topological polar surface area (TPSA) is 66.5 Å². The lowest BCUT2D eigenvalue weighted by molar-refractivity contribution is -0.129. The molecule has 122 valence electrons. The minimum Gasteiger partial charge on any atom is -0.340 e. The van der Waals surface area contributed by atoms with Gasteiger partial charge >= 0.3 is 0 Å². The van der Waals surface area contributed by atoms with E-state index < -0.39 is 10.0 Å². The third-order valence-electron chi connectivity index (χ3n) is 3.21. The zero-order valence-corrected chi connectivity index (χ0v) is 15.0. The Bertz CT molecular complexity index is 779. The predicted molar refractivity (Wildman–Crippen MR) is 92.2 cm³/mol. The van der Waals surface area contributed by atoms with Gasteiger partial charge in [0.1, 0.15) is 0 Å². The van der Waals surface area contributed by atoms with Gasteiger partial charge in [-0.3, -0.25) is 4.79 Å². The Morgan fingerprint density at radius 3 is 2.48 bits per heavy atom. The Labute approximate surface area is 144 Å². The molecule has 0 fully saturated rings. The number of hydrogen-bond donors (Lipinski definition) is 1. The first-order valence-corrected chi connectivity index (χ1v) is 9.19. The SMILES string of the molecule is CN(Cc1ccccc1)C(=O)CNS(=O)(=O)c1cccc(Br)c1. The highest BCUT2D eigenvalue weighted by Crippen LogP contribution is 2.15. The second-order valence-corrected chi connectivity index (χ2v) is 7.70. The summed E-state index contributed by atoms with van der Waals surface area (Å²) in [4.78, 5) is 13.7. The number of nitrogens with one attached hydrogen (secondary N) is 1. The molecule has 0 heterocycles. The molecule has 0 aliphatic heterocycles. The number of carbonyl (C=O) groups excluding carboxylic acids is 1. The molecule has 0 saturated carbocycles. The summed E-state index contributed by atoms with van der Waals surface area (Å²) in [6.45, 7) is 0.149. The van der Waals surface area contributed by atoms with Crippen LogP contribution in [0.4, 0.5) is 0 Å². The van der Waals surface area contributed by atoms with E-state index >= 15 is 0 Å². The van der Waals surface area contributed by atoms with E-state index in [1.54, 1.807) is 19.2 Å². The molecule has 23 heavy (non-hydrogen) atoms. The van der Waals surface area contributed by atoms with Crippen molar-refractivity contribution in [1.29, 1.82) is 0 Å². The van der Waals surface area contributed by atoms with Crippen LogP contribution < -0.4 is 4.72 Å². The van der Waals surface area contributed by atoms with E-state index in [4.69, 9.17) is 0 Å². The fourth-order valence-corrected chi connectivity index (χ4v) is 3.53. The van der Waals surface area contributed by atoms with Crippen LogP contribution in [-0.4, -0.2) is 32.8 Å². The van der Waals surface area contributed by atoms with Crippen LogP contribution in [0.3, 0.4) is 0 Å². The quantitative estimate of drug-likeness (QED) is 0.814. The monoisotopic (exact) mass is 396 g/mol. The summed E-state index contributed by atoms with van der Waals surface area (Å²) in [5, 5.41) is 0. The van der Waals surface area contributed by atoms with Crippen molar-refractivity contribution in [2.24, 2.45) is 0 Å². The molecule has 0 saturated heterocycles. The fraction of sp³-hybridized carbons (Fsp3) is 0.188. The summed E-state index contributed by atoms with van der Waals surface area (Å²) in [5.41, 5.74) is 0.984. The van der Waals surface area contributed by atoms with E-state index in [2.05, 4.69) is 20.7 Å². The standard InChI is InChI=1S/C16H17BrN2O3S/c1-19(12-13-6-3-2-4-7-13)16(20)11-18-23(21,22)15-9-5-8-14(17)10-15/h2-10,18H,11-12H2,1H3. The van der Waals surface area contributed by atoms with Crippen LogP contribution in [0, 0.1) is 0 Å². The maximum atomic E-state index is 12.2. The molecule has 0 spiro atoms. The Morgan fingerprint density at radius 2 is 1.83 bits per heavy atom. The number of carbonyl (C=O) groups is 1. The third-order valence-corrected chi connectivity index (χ3v) is 5.10. The first-order valence-electron chi connectivity index (χ1n) is 6.91. The van der Waals surface area contributed by atoms with Gasteiger partial charge in [-0.1, -0.05) is 52.3 Å². The Balaban J connectivity index is 1.95. The smallest absolute Gasteiger partial charge is 0.241 e. The maximum Gasteiger partial charge on any atom is 0.241 e. The van der Waals surface area contributed by atoms with Crippen molar-refractivity contribution in [3.63, 3.8) is 0 Å². The number of hydrogen-bond acceptors (Lipinski definition) is 3. The van der Waals surface area contributed by atoms with Crippen molar-refractivity contribution in [3.05, 3.63) is 64.6 Å². The van der Waals surface area contributed by atoms with Crippen LogP contribution in [-0.2, 0) is 21.4 Å². The predicted octanol–water partition coefficient (Wildman–Crippen LogP) is 2.39. The molecule has 2 aromatic carbocycles. The molecule has 1 amide bonds. The summed E-state index contributed by atoms with van der Waals surface area (Å²) in [5.74, 6) is -0.299. The molecule has 0 aliphatic carbocycles. The highest BCUT2D eigenvalue weighted by molar-refractivity contribution is 9.10. The summed E-state index contributed by atoms with van der Waals surface area (Å²) in [7, 11) is -2.07. The molecule has 0 aromatic heterocycles. The normalized spacial score (nSPS) is 11.2. The second-order valence-electron chi connectivity index (χ2n) is 5.02. The van der Waals surface area contributed by atoms with E-state index in [-0.39, 0.29) is 17.3 Å². The minimum absolute atomic E-state index is 0.116. The number of benzene rings is 2. The first-order chi connectivity index (χ1) is 10.9. The van der Waals surface area contributed by atoms with Crippen LogP contribution in [0.2, 0.25) is 0 Å². The van der Waals surface area contributed by atoms with Gasteiger partial charge in [0.25, 0.3) is 0 Å². The number of rotatable bonds is 6. The van der Waals surface area contributed by atoms with Crippen LogP contribution in [0.5, 0.6) is 0 Å². The molecule has 0 atom stereocenters. The van der Waals surface area contributed by atoms with Crippen LogP contribution in [0.25, 0.3) is 0 Å². The summed E-state index contributed by atoms with van der Waals surface area (Å²) in [6.07, 6.45) is 0. The lowest BCUT2D eigenvalue weighted by atomic mass is 10.2. The Morgan fingerprint density at radius 1 is 1.13 bits per heavy atom. The molecule has 0 unspecified atom stereocenters. The van der Waals surface area contributed by atoms with Gasteiger partial charge in [-0.25, -0.2) is 13.1 Å². The summed E-state index contributed by atoms with van der Waals surface area (Å²) in [6, 6.07) is 15.8. The molecule has 5 nitrogen and oxygen atoms in total. The fourth-order valence-electron chi connectivity index (χ4n) is 1.95. The van der Waals surface area contributed by atoms with Gasteiger partial charge in [-0.15, -0.1) is 0 Å². The van der Waals surface area contributed by atoms with E-state index in [0.717, 1.165) is 5.56 Å². The molecule has 0 bridgehead atoms. The van der Waals surface area contributed by atoms with Gasteiger partial charge in [0.05, 0.1) is 11.4 Å². The lowest BCUT2D eigenvalue weighted by Gasteiger charge is -2.17. The van der Waals surface area contributed by atoms with Gasteiger partial charge < -0.3 is 4.90 Å². The number of amides is 1. The summed E-state index contributed by atoms with van der Waals surface area (Å²) >= 11 is 3.23. The molecule has 0 aliphatic rings. The number of likely N-dealkylation sites (N-methyl/N-ethyl adjacent to an activating group) is 1. The van der Waals surface area contributed by atoms with E-state index in [9.17, 15) is 13.2 Å². The van der Waals surface area contributed by atoms with Crippen molar-refractivity contribution in [2.75, 3.05) is 13.6 Å². The van der Waals surface area contributed by atoms with Crippen molar-refractivity contribution >= 4 is 31.9 Å². The van der Waals surface area contributed by atoms with Crippen molar-refractivity contribution in [3.8, 4) is 0 Å². The van der Waals surface area contributed by atoms with Gasteiger partial charge in [0.2, 0.25) is 15.9 Å². The zero-order chi connectivity index (χ0) is 16.9. The molecule has 0 radical (unpaired) electrons. The highest BCUT2D eigenvalue weighted by Gasteiger charge is 2.17. The van der Waals surface area contributed by atoms with Crippen LogP contribution in [0.15, 0.2) is 64.0 Å². The molecular weight excluding hydrogens is 380 g/mol. The largest absolute Gasteiger partial charge is 0.340 e. The van der Waals surface area contributed by atoms with Gasteiger partial charge in [0, 0.05) is 18.1 Å². The second kappa shape index (κ2) is 7.72. The number of sulfonamides is 1. The van der Waals surface area contributed by atoms with Crippen molar-refractivity contribution < 1.29 is 13.2 Å². The molecular formula is C16H17BrN2O3S. The van der Waals surface area contributed by atoms with Gasteiger partial charge in [-0.05, 0) is 23.8 Å². The lowest BCUT2D eigenvalue weighted by Crippen LogP contribution is -2.37. The first kappa shape index (κ1) is 17.7. The van der Waals surface area contributed by atoms with Gasteiger partial charge in [-0.2, -0.15) is 0 Å². The van der Waals surface area contributed by atoms with E-state index in [1.807, 2.05) is 30.3 Å². The number of halogens is 1. The molecule has 7 heteroatoms. The van der Waals surface area contributed by atoms with Crippen molar-refractivity contribution in [2.45, 2.75) is 11.4 Å². The average molecular weight is 397 g/mol. The maximum absolute atomic E-state index is 12.2.